The highest BCUT2D eigenvalue weighted by atomic mass is 19.1. The second-order valence-electron chi connectivity index (χ2n) is 4.30. The quantitative estimate of drug-likeness (QED) is 0.860. The Morgan fingerprint density at radius 3 is 2.50 bits per heavy atom. The Balaban J connectivity index is 2.21. The molecule has 20 heavy (non-hydrogen) atoms. The van der Waals surface area contributed by atoms with Gasteiger partial charge in [-0.25, -0.2) is 8.78 Å². The Hall–Kier alpha value is -2.30. The third-order valence-corrected chi connectivity index (χ3v) is 2.95. The van der Waals surface area contributed by atoms with Crippen LogP contribution in [-0.4, -0.2) is 22.3 Å². The first kappa shape index (κ1) is 14.1. The van der Waals surface area contributed by atoms with Crippen molar-refractivity contribution in [3.05, 3.63) is 65.5 Å². The van der Waals surface area contributed by atoms with Gasteiger partial charge in [0.15, 0.2) is 0 Å². The van der Waals surface area contributed by atoms with Crippen LogP contribution in [0, 0.1) is 11.6 Å². The van der Waals surface area contributed by atoms with Crippen LogP contribution in [0.2, 0.25) is 0 Å². The zero-order valence-corrected chi connectivity index (χ0v) is 11.0. The van der Waals surface area contributed by atoms with E-state index < -0.39 is 17.5 Å². The maximum absolute atomic E-state index is 13.6. The van der Waals surface area contributed by atoms with Crippen LogP contribution in [0.5, 0.6) is 0 Å². The van der Waals surface area contributed by atoms with Crippen molar-refractivity contribution in [2.75, 3.05) is 6.54 Å². The molecule has 0 atom stereocenters. The van der Waals surface area contributed by atoms with Crippen LogP contribution < -0.4 is 0 Å². The monoisotopic (exact) mass is 276 g/mol. The van der Waals surface area contributed by atoms with Crippen molar-refractivity contribution in [1.82, 2.24) is 9.88 Å². The number of amides is 1. The molecular formula is C15H14F2N2O. The van der Waals surface area contributed by atoms with Crippen LogP contribution in [0.3, 0.4) is 0 Å². The molecule has 1 heterocycles. The number of rotatable bonds is 4. The molecule has 5 heteroatoms. The van der Waals surface area contributed by atoms with E-state index in [2.05, 4.69) is 4.98 Å². The van der Waals surface area contributed by atoms with Gasteiger partial charge >= 0.3 is 0 Å². The van der Waals surface area contributed by atoms with Crippen molar-refractivity contribution in [2.45, 2.75) is 13.5 Å². The molecule has 0 bridgehead atoms. The summed E-state index contributed by atoms with van der Waals surface area (Å²) in [7, 11) is 0. The number of pyridine rings is 1. The summed E-state index contributed by atoms with van der Waals surface area (Å²) in [6.07, 6.45) is 3.26. The summed E-state index contributed by atoms with van der Waals surface area (Å²) in [5.41, 5.74) is 0.778. The topological polar surface area (TPSA) is 33.2 Å². The molecule has 2 rings (SSSR count). The van der Waals surface area contributed by atoms with Gasteiger partial charge in [0.05, 0.1) is 5.56 Å². The molecule has 0 unspecified atom stereocenters. The number of nitrogens with zero attached hydrogens (tertiary/aromatic N) is 2. The van der Waals surface area contributed by atoms with Crippen LogP contribution in [-0.2, 0) is 6.54 Å². The summed E-state index contributed by atoms with van der Waals surface area (Å²) in [6, 6.07) is 6.54. The molecule has 0 aliphatic heterocycles. The van der Waals surface area contributed by atoms with Crippen LogP contribution >= 0.6 is 0 Å². The SMILES string of the molecule is CCN(Cc1ccncc1)C(=O)c1ccc(F)cc1F. The highest BCUT2D eigenvalue weighted by molar-refractivity contribution is 5.94. The fourth-order valence-electron chi connectivity index (χ4n) is 1.87. The van der Waals surface area contributed by atoms with Gasteiger partial charge < -0.3 is 4.90 Å². The van der Waals surface area contributed by atoms with Crippen LogP contribution in [0.4, 0.5) is 8.78 Å². The molecule has 0 aliphatic carbocycles. The molecule has 0 aliphatic rings. The molecule has 0 fully saturated rings. The normalized spacial score (nSPS) is 10.3. The molecule has 2 aromatic rings. The van der Waals surface area contributed by atoms with E-state index in [1.165, 1.54) is 11.0 Å². The molecule has 1 aromatic heterocycles. The molecule has 3 nitrogen and oxygen atoms in total. The minimum atomic E-state index is -0.844. The number of hydrogen-bond donors (Lipinski definition) is 0. The second-order valence-corrected chi connectivity index (χ2v) is 4.30. The van der Waals surface area contributed by atoms with Gasteiger partial charge in [0, 0.05) is 31.5 Å². The van der Waals surface area contributed by atoms with Crippen molar-refractivity contribution < 1.29 is 13.6 Å². The first-order chi connectivity index (χ1) is 9.61. The van der Waals surface area contributed by atoms with Gasteiger partial charge in [0.1, 0.15) is 11.6 Å². The minimum absolute atomic E-state index is 0.123. The number of halogens is 2. The minimum Gasteiger partial charge on any atom is -0.335 e. The van der Waals surface area contributed by atoms with Gasteiger partial charge in [0.25, 0.3) is 5.91 Å². The zero-order valence-electron chi connectivity index (χ0n) is 11.0. The van der Waals surface area contributed by atoms with E-state index >= 15 is 0 Å². The lowest BCUT2D eigenvalue weighted by molar-refractivity contribution is 0.0747. The van der Waals surface area contributed by atoms with Gasteiger partial charge in [-0.1, -0.05) is 0 Å². The fraction of sp³-hybridized carbons (Fsp3) is 0.200. The molecule has 0 N–H and O–H groups in total. The molecular weight excluding hydrogens is 262 g/mol. The van der Waals surface area contributed by atoms with Crippen molar-refractivity contribution in [1.29, 1.82) is 0 Å². The first-order valence-electron chi connectivity index (χ1n) is 6.25. The van der Waals surface area contributed by atoms with E-state index in [1.54, 1.807) is 31.5 Å². The third kappa shape index (κ3) is 3.17. The maximum Gasteiger partial charge on any atom is 0.257 e. The van der Waals surface area contributed by atoms with Gasteiger partial charge in [-0.3, -0.25) is 9.78 Å². The molecule has 0 radical (unpaired) electrons. The molecule has 1 amide bonds. The van der Waals surface area contributed by atoms with Crippen LogP contribution in [0.25, 0.3) is 0 Å². The lowest BCUT2D eigenvalue weighted by Gasteiger charge is -2.21. The van der Waals surface area contributed by atoms with E-state index in [-0.39, 0.29) is 5.56 Å². The van der Waals surface area contributed by atoms with Gasteiger partial charge in [-0.05, 0) is 36.8 Å². The average Bonchev–Trinajstić information content (AvgIpc) is 2.45. The van der Waals surface area contributed by atoms with Gasteiger partial charge in [-0.2, -0.15) is 0 Å². The fourth-order valence-corrected chi connectivity index (χ4v) is 1.87. The van der Waals surface area contributed by atoms with E-state index in [0.29, 0.717) is 19.2 Å². The Bertz CT molecular complexity index is 602. The van der Waals surface area contributed by atoms with E-state index in [4.69, 9.17) is 0 Å². The third-order valence-electron chi connectivity index (χ3n) is 2.95. The summed E-state index contributed by atoms with van der Waals surface area (Å²) >= 11 is 0. The lowest BCUT2D eigenvalue weighted by atomic mass is 10.1. The Morgan fingerprint density at radius 2 is 1.90 bits per heavy atom. The smallest absolute Gasteiger partial charge is 0.257 e. The lowest BCUT2D eigenvalue weighted by Crippen LogP contribution is -2.31. The Labute approximate surface area is 115 Å². The zero-order chi connectivity index (χ0) is 14.5. The predicted octanol–water partition coefficient (Wildman–Crippen LogP) is 3.02. The molecule has 1 aromatic carbocycles. The van der Waals surface area contributed by atoms with E-state index in [9.17, 15) is 13.6 Å². The van der Waals surface area contributed by atoms with Crippen molar-refractivity contribution >= 4 is 5.91 Å². The number of carbonyl (C=O) groups is 1. The molecule has 0 saturated heterocycles. The molecule has 104 valence electrons. The largest absolute Gasteiger partial charge is 0.335 e. The number of hydrogen-bond acceptors (Lipinski definition) is 2. The van der Waals surface area contributed by atoms with Crippen molar-refractivity contribution in [3.8, 4) is 0 Å². The van der Waals surface area contributed by atoms with Crippen LogP contribution in [0.15, 0.2) is 42.7 Å². The summed E-state index contributed by atoms with van der Waals surface area (Å²) in [6.45, 7) is 2.59. The van der Waals surface area contributed by atoms with Crippen molar-refractivity contribution in [2.24, 2.45) is 0 Å². The Kier molecular flexibility index (Phi) is 4.40. The van der Waals surface area contributed by atoms with E-state index in [1.807, 2.05) is 0 Å². The number of carbonyl (C=O) groups excluding carboxylic acids is 1. The highest BCUT2D eigenvalue weighted by Crippen LogP contribution is 2.14. The predicted molar refractivity (Wildman–Crippen MR) is 71.0 cm³/mol. The van der Waals surface area contributed by atoms with E-state index in [0.717, 1.165) is 11.6 Å². The number of aromatic nitrogens is 1. The first-order valence-corrected chi connectivity index (χ1v) is 6.25. The standard InChI is InChI=1S/C15H14F2N2O/c1-2-19(10-11-5-7-18-8-6-11)15(20)13-4-3-12(16)9-14(13)17/h3-9H,2,10H2,1H3. The second kappa shape index (κ2) is 6.23. The summed E-state index contributed by atoms with van der Waals surface area (Å²) in [5.74, 6) is -2.00. The van der Waals surface area contributed by atoms with Gasteiger partial charge in [0.2, 0.25) is 0 Å². The maximum atomic E-state index is 13.6. The number of benzene rings is 1. The summed E-state index contributed by atoms with van der Waals surface area (Å²) in [4.78, 5) is 17.7. The summed E-state index contributed by atoms with van der Waals surface area (Å²) < 4.78 is 26.5. The average molecular weight is 276 g/mol. The molecule has 0 spiro atoms. The highest BCUT2D eigenvalue weighted by Gasteiger charge is 2.18. The Morgan fingerprint density at radius 1 is 1.20 bits per heavy atom. The van der Waals surface area contributed by atoms with Gasteiger partial charge in [-0.15, -0.1) is 0 Å². The summed E-state index contributed by atoms with van der Waals surface area (Å²) in [5, 5.41) is 0. The van der Waals surface area contributed by atoms with Crippen molar-refractivity contribution in [3.63, 3.8) is 0 Å². The molecule has 0 saturated carbocycles. The van der Waals surface area contributed by atoms with Crippen LogP contribution in [0.1, 0.15) is 22.8 Å².